The lowest BCUT2D eigenvalue weighted by molar-refractivity contribution is -0.117. The number of nitrogens with one attached hydrogen (secondary N) is 2. The minimum atomic E-state index is -3.88. The fraction of sp³-hybridized carbons (Fsp3) is 0.435. The van der Waals surface area contributed by atoms with Crippen molar-refractivity contribution in [1.29, 1.82) is 0 Å². The van der Waals surface area contributed by atoms with Crippen LogP contribution in [0, 0.1) is 5.82 Å². The Morgan fingerprint density at radius 3 is 2.45 bits per heavy atom. The smallest absolute Gasteiger partial charge is 0.242 e. The summed E-state index contributed by atoms with van der Waals surface area (Å²) in [7, 11) is -3.88. The van der Waals surface area contributed by atoms with Gasteiger partial charge in [-0.15, -0.1) is 0 Å². The molecule has 0 bridgehead atoms. The lowest BCUT2D eigenvalue weighted by Crippen LogP contribution is -2.46. The lowest BCUT2D eigenvalue weighted by Gasteiger charge is -2.37. The SMILES string of the molecule is CSCCC(NS(=O)(=O)c1ccccc1)C(=O)Nc1ccc(N2CC(C)OC(C)C2)c(F)c1. The molecule has 0 spiro atoms. The van der Waals surface area contributed by atoms with Crippen molar-refractivity contribution in [2.45, 2.75) is 43.4 Å². The predicted molar refractivity (Wildman–Crippen MR) is 131 cm³/mol. The van der Waals surface area contributed by atoms with Gasteiger partial charge >= 0.3 is 0 Å². The Morgan fingerprint density at radius 2 is 1.85 bits per heavy atom. The van der Waals surface area contributed by atoms with E-state index in [2.05, 4.69) is 10.0 Å². The average molecular weight is 496 g/mol. The van der Waals surface area contributed by atoms with E-state index in [1.807, 2.05) is 25.0 Å². The first-order valence-corrected chi connectivity index (χ1v) is 13.6. The number of thioether (sulfide) groups is 1. The van der Waals surface area contributed by atoms with Crippen molar-refractivity contribution in [1.82, 2.24) is 4.72 Å². The molecule has 0 aliphatic carbocycles. The van der Waals surface area contributed by atoms with Crippen LogP contribution in [0.4, 0.5) is 15.8 Å². The third-order valence-electron chi connectivity index (χ3n) is 5.25. The number of benzene rings is 2. The van der Waals surface area contributed by atoms with E-state index in [0.29, 0.717) is 31.0 Å². The Labute approximate surface area is 199 Å². The van der Waals surface area contributed by atoms with E-state index in [0.717, 1.165) is 0 Å². The molecule has 3 unspecified atom stereocenters. The van der Waals surface area contributed by atoms with Crippen molar-refractivity contribution >= 4 is 39.1 Å². The van der Waals surface area contributed by atoms with Crippen LogP contribution in [-0.2, 0) is 19.6 Å². The molecule has 180 valence electrons. The molecular formula is C23H30FN3O4S2. The summed E-state index contributed by atoms with van der Waals surface area (Å²) in [6.45, 7) is 5.04. The summed E-state index contributed by atoms with van der Waals surface area (Å²) in [6.07, 6.45) is 2.15. The van der Waals surface area contributed by atoms with E-state index in [1.54, 1.807) is 30.3 Å². The molecule has 3 rings (SSSR count). The second-order valence-corrected chi connectivity index (χ2v) is 10.8. The maximum atomic E-state index is 14.9. The molecule has 10 heteroatoms. The Kier molecular flexibility index (Phi) is 8.75. The number of rotatable bonds is 9. The number of halogens is 1. The molecule has 3 atom stereocenters. The van der Waals surface area contributed by atoms with Crippen molar-refractivity contribution < 1.29 is 22.3 Å². The van der Waals surface area contributed by atoms with E-state index in [9.17, 15) is 17.6 Å². The monoisotopic (exact) mass is 495 g/mol. The van der Waals surface area contributed by atoms with Gasteiger partial charge in [0.15, 0.2) is 0 Å². The number of carbonyl (C=O) groups is 1. The number of amides is 1. The van der Waals surface area contributed by atoms with Crippen LogP contribution in [0.1, 0.15) is 20.3 Å². The Hall–Kier alpha value is -2.14. The van der Waals surface area contributed by atoms with Crippen LogP contribution >= 0.6 is 11.8 Å². The van der Waals surface area contributed by atoms with Gasteiger partial charge in [-0.3, -0.25) is 4.79 Å². The molecule has 2 N–H and O–H groups in total. The van der Waals surface area contributed by atoms with Gasteiger partial charge in [0.05, 0.1) is 22.8 Å². The first-order valence-electron chi connectivity index (χ1n) is 10.8. The highest BCUT2D eigenvalue weighted by Gasteiger charge is 2.27. The summed E-state index contributed by atoms with van der Waals surface area (Å²) >= 11 is 1.51. The van der Waals surface area contributed by atoms with Crippen LogP contribution in [0.2, 0.25) is 0 Å². The third-order valence-corrected chi connectivity index (χ3v) is 7.39. The number of carbonyl (C=O) groups excluding carboxylic acids is 1. The number of hydrogen-bond donors (Lipinski definition) is 2. The maximum Gasteiger partial charge on any atom is 0.242 e. The molecular weight excluding hydrogens is 465 g/mol. The van der Waals surface area contributed by atoms with Gasteiger partial charge in [-0.1, -0.05) is 18.2 Å². The molecule has 1 saturated heterocycles. The molecule has 1 heterocycles. The molecule has 0 saturated carbocycles. The van der Waals surface area contributed by atoms with Gasteiger partial charge < -0.3 is 15.0 Å². The number of anilines is 2. The molecule has 1 amide bonds. The Morgan fingerprint density at radius 1 is 1.18 bits per heavy atom. The maximum absolute atomic E-state index is 14.9. The standard InChI is InChI=1S/C23H30FN3O4S2/c1-16-14-27(15-17(2)31-16)22-10-9-18(13-20(22)24)25-23(28)21(11-12-32-3)26-33(29,30)19-7-5-4-6-8-19/h4-10,13,16-17,21,26H,11-12,14-15H2,1-3H3,(H,25,28). The van der Waals surface area contributed by atoms with Gasteiger partial charge in [0.2, 0.25) is 15.9 Å². The number of morpholine rings is 1. The van der Waals surface area contributed by atoms with Crippen molar-refractivity contribution in [2.24, 2.45) is 0 Å². The molecule has 1 aliphatic heterocycles. The molecule has 2 aromatic rings. The molecule has 2 aromatic carbocycles. The first-order chi connectivity index (χ1) is 15.7. The van der Waals surface area contributed by atoms with E-state index >= 15 is 0 Å². The summed E-state index contributed by atoms with van der Waals surface area (Å²) in [4.78, 5) is 14.9. The number of ether oxygens (including phenoxy) is 1. The van der Waals surface area contributed by atoms with Crippen molar-refractivity contribution in [3.8, 4) is 0 Å². The van der Waals surface area contributed by atoms with Crippen LogP contribution in [0.25, 0.3) is 0 Å². The van der Waals surface area contributed by atoms with Gasteiger partial charge in [0.25, 0.3) is 0 Å². The zero-order valence-electron chi connectivity index (χ0n) is 19.0. The largest absolute Gasteiger partial charge is 0.372 e. The highest BCUT2D eigenvalue weighted by molar-refractivity contribution is 7.98. The summed E-state index contributed by atoms with van der Waals surface area (Å²) in [6, 6.07) is 11.4. The van der Waals surface area contributed by atoms with Crippen LogP contribution in [0.3, 0.4) is 0 Å². The Bertz CT molecular complexity index is 1040. The summed E-state index contributed by atoms with van der Waals surface area (Å²) in [5, 5.41) is 2.66. The van der Waals surface area contributed by atoms with Gasteiger partial charge in [0.1, 0.15) is 11.9 Å². The molecule has 0 radical (unpaired) electrons. The zero-order chi connectivity index (χ0) is 24.0. The fourth-order valence-corrected chi connectivity index (χ4v) is 5.50. The van der Waals surface area contributed by atoms with Crippen LogP contribution in [0.15, 0.2) is 53.4 Å². The van der Waals surface area contributed by atoms with Crippen molar-refractivity contribution in [3.05, 3.63) is 54.3 Å². The molecule has 1 fully saturated rings. The zero-order valence-corrected chi connectivity index (χ0v) is 20.6. The number of hydrogen-bond acceptors (Lipinski definition) is 6. The first kappa shape index (κ1) is 25.5. The van der Waals surface area contributed by atoms with Gasteiger partial charge in [-0.05, 0) is 62.6 Å². The Balaban J connectivity index is 1.73. The average Bonchev–Trinajstić information content (AvgIpc) is 2.76. The summed E-state index contributed by atoms with van der Waals surface area (Å²) < 4.78 is 48.5. The number of nitrogens with zero attached hydrogens (tertiary/aromatic N) is 1. The van der Waals surface area contributed by atoms with Crippen LogP contribution in [-0.4, -0.2) is 57.7 Å². The van der Waals surface area contributed by atoms with E-state index < -0.39 is 27.8 Å². The molecule has 1 aliphatic rings. The summed E-state index contributed by atoms with van der Waals surface area (Å²) in [5.74, 6) is -0.417. The second-order valence-electron chi connectivity index (χ2n) is 8.09. The third kappa shape index (κ3) is 6.92. The van der Waals surface area contributed by atoms with Gasteiger partial charge in [-0.2, -0.15) is 16.5 Å². The fourth-order valence-electron chi connectivity index (χ4n) is 3.78. The molecule has 7 nitrogen and oxygen atoms in total. The lowest BCUT2D eigenvalue weighted by atomic mass is 10.1. The van der Waals surface area contributed by atoms with Crippen molar-refractivity contribution in [3.63, 3.8) is 0 Å². The van der Waals surface area contributed by atoms with E-state index in [-0.39, 0.29) is 22.8 Å². The topological polar surface area (TPSA) is 87.7 Å². The number of sulfonamides is 1. The normalized spacial score (nSPS) is 19.8. The van der Waals surface area contributed by atoms with E-state index in [1.165, 1.54) is 30.0 Å². The highest BCUT2D eigenvalue weighted by Crippen LogP contribution is 2.26. The second kappa shape index (κ2) is 11.3. The van der Waals surface area contributed by atoms with Crippen LogP contribution in [0.5, 0.6) is 0 Å². The minimum Gasteiger partial charge on any atom is -0.372 e. The van der Waals surface area contributed by atoms with Gasteiger partial charge in [0, 0.05) is 18.8 Å². The summed E-state index contributed by atoms with van der Waals surface area (Å²) in [5.41, 5.74) is 0.711. The van der Waals surface area contributed by atoms with E-state index in [4.69, 9.17) is 4.74 Å². The van der Waals surface area contributed by atoms with Gasteiger partial charge in [-0.25, -0.2) is 12.8 Å². The molecule has 0 aromatic heterocycles. The molecule has 33 heavy (non-hydrogen) atoms. The highest BCUT2D eigenvalue weighted by atomic mass is 32.2. The predicted octanol–water partition coefficient (Wildman–Crippen LogP) is 3.48. The van der Waals surface area contributed by atoms with Crippen LogP contribution < -0.4 is 14.9 Å². The quantitative estimate of drug-likeness (QED) is 0.554. The minimum absolute atomic E-state index is 0.0117. The van der Waals surface area contributed by atoms with Crippen molar-refractivity contribution in [2.75, 3.05) is 35.3 Å².